The molecule has 2 nitrogen and oxygen atoms in total. The molecule has 0 amide bonds. The van der Waals surface area contributed by atoms with Gasteiger partial charge < -0.3 is 10.2 Å². The standard InChI is InChI=1S/C17H24N2/c1-2-9-16(10-3-1)18-14-15-8-4-5-11-17(15)19-12-6-7-13-19/h1-2,4-5,8,11,16,18H,3,6-7,9-10,12-14H2. The Morgan fingerprint density at radius 3 is 2.74 bits per heavy atom. The van der Waals surface area contributed by atoms with E-state index < -0.39 is 0 Å². The van der Waals surface area contributed by atoms with E-state index >= 15 is 0 Å². The van der Waals surface area contributed by atoms with Crippen LogP contribution in [-0.2, 0) is 6.54 Å². The maximum Gasteiger partial charge on any atom is 0.0411 e. The summed E-state index contributed by atoms with van der Waals surface area (Å²) in [5.74, 6) is 0. The first-order valence-electron chi connectivity index (χ1n) is 7.65. The molecule has 1 N–H and O–H groups in total. The second-order valence-corrected chi connectivity index (χ2v) is 5.69. The van der Waals surface area contributed by atoms with Crippen molar-refractivity contribution < 1.29 is 0 Å². The first-order valence-corrected chi connectivity index (χ1v) is 7.65. The number of benzene rings is 1. The molecule has 0 spiro atoms. The highest BCUT2D eigenvalue weighted by atomic mass is 15.1. The first kappa shape index (κ1) is 12.7. The van der Waals surface area contributed by atoms with Crippen LogP contribution in [0.4, 0.5) is 5.69 Å². The summed E-state index contributed by atoms with van der Waals surface area (Å²) in [6, 6.07) is 9.55. The molecule has 1 heterocycles. The summed E-state index contributed by atoms with van der Waals surface area (Å²) in [6.07, 6.45) is 11.0. The summed E-state index contributed by atoms with van der Waals surface area (Å²) < 4.78 is 0. The van der Waals surface area contributed by atoms with Crippen LogP contribution in [0.15, 0.2) is 36.4 Å². The SMILES string of the molecule is C1=CCC(NCc2ccccc2N2CCCC2)CC1. The lowest BCUT2D eigenvalue weighted by molar-refractivity contribution is 0.474. The van der Waals surface area contributed by atoms with Gasteiger partial charge >= 0.3 is 0 Å². The van der Waals surface area contributed by atoms with Crippen molar-refractivity contribution in [3.8, 4) is 0 Å². The number of hydrogen-bond acceptors (Lipinski definition) is 2. The van der Waals surface area contributed by atoms with Crippen LogP contribution in [0.2, 0.25) is 0 Å². The fourth-order valence-electron chi connectivity index (χ4n) is 3.16. The second-order valence-electron chi connectivity index (χ2n) is 5.69. The molecule has 0 saturated carbocycles. The Morgan fingerprint density at radius 2 is 1.95 bits per heavy atom. The van der Waals surface area contributed by atoms with Gasteiger partial charge in [0.05, 0.1) is 0 Å². The summed E-state index contributed by atoms with van der Waals surface area (Å²) in [5.41, 5.74) is 2.90. The van der Waals surface area contributed by atoms with E-state index in [1.165, 1.54) is 56.4 Å². The maximum absolute atomic E-state index is 3.72. The van der Waals surface area contributed by atoms with Gasteiger partial charge in [0.15, 0.2) is 0 Å². The number of rotatable bonds is 4. The Labute approximate surface area is 116 Å². The molecular weight excluding hydrogens is 232 g/mol. The Kier molecular flexibility index (Phi) is 4.19. The Morgan fingerprint density at radius 1 is 1.11 bits per heavy atom. The molecule has 1 aromatic carbocycles. The molecule has 1 aromatic rings. The molecule has 19 heavy (non-hydrogen) atoms. The van der Waals surface area contributed by atoms with Gasteiger partial charge in [-0.1, -0.05) is 30.4 Å². The van der Waals surface area contributed by atoms with Crippen molar-refractivity contribution in [2.45, 2.75) is 44.7 Å². The summed E-state index contributed by atoms with van der Waals surface area (Å²) in [7, 11) is 0. The molecule has 0 radical (unpaired) electrons. The molecule has 1 fully saturated rings. The van der Waals surface area contributed by atoms with E-state index in [2.05, 4.69) is 46.6 Å². The van der Waals surface area contributed by atoms with E-state index in [9.17, 15) is 0 Å². The molecule has 1 unspecified atom stereocenters. The normalized spacial score (nSPS) is 22.9. The molecule has 3 rings (SSSR count). The molecule has 1 aliphatic heterocycles. The van der Waals surface area contributed by atoms with Crippen LogP contribution in [0.3, 0.4) is 0 Å². The third-order valence-electron chi connectivity index (χ3n) is 4.29. The average molecular weight is 256 g/mol. The molecule has 102 valence electrons. The summed E-state index contributed by atoms with van der Waals surface area (Å²) in [6.45, 7) is 3.46. The number of hydrogen-bond donors (Lipinski definition) is 1. The minimum absolute atomic E-state index is 0.664. The molecule has 2 heteroatoms. The van der Waals surface area contributed by atoms with E-state index in [4.69, 9.17) is 0 Å². The zero-order valence-electron chi connectivity index (χ0n) is 11.6. The molecule has 1 saturated heterocycles. The van der Waals surface area contributed by atoms with Crippen molar-refractivity contribution in [2.75, 3.05) is 18.0 Å². The van der Waals surface area contributed by atoms with Crippen molar-refractivity contribution in [3.63, 3.8) is 0 Å². The molecular formula is C17H24N2. The van der Waals surface area contributed by atoms with Gasteiger partial charge in [-0.25, -0.2) is 0 Å². The van der Waals surface area contributed by atoms with Crippen LogP contribution < -0.4 is 10.2 Å². The second kappa shape index (κ2) is 6.25. The average Bonchev–Trinajstić information content (AvgIpc) is 3.01. The zero-order valence-corrected chi connectivity index (χ0v) is 11.6. The lowest BCUT2D eigenvalue weighted by Crippen LogP contribution is -2.30. The lowest BCUT2D eigenvalue weighted by atomic mass is 10.0. The predicted molar refractivity (Wildman–Crippen MR) is 81.5 cm³/mol. The number of anilines is 1. The van der Waals surface area contributed by atoms with Crippen LogP contribution >= 0.6 is 0 Å². The van der Waals surface area contributed by atoms with E-state index in [0.29, 0.717) is 6.04 Å². The highest BCUT2D eigenvalue weighted by Crippen LogP contribution is 2.24. The third kappa shape index (κ3) is 3.19. The van der Waals surface area contributed by atoms with E-state index in [1.807, 2.05) is 0 Å². The van der Waals surface area contributed by atoms with Crippen molar-refractivity contribution in [1.82, 2.24) is 5.32 Å². The molecule has 2 aliphatic rings. The van der Waals surface area contributed by atoms with Crippen LogP contribution in [0.5, 0.6) is 0 Å². The maximum atomic E-state index is 3.72. The quantitative estimate of drug-likeness (QED) is 0.830. The van der Waals surface area contributed by atoms with Gasteiger partial charge in [-0.05, 0) is 43.7 Å². The number of para-hydroxylation sites is 1. The fourth-order valence-corrected chi connectivity index (χ4v) is 3.16. The minimum atomic E-state index is 0.664. The highest BCUT2D eigenvalue weighted by Gasteiger charge is 2.16. The van der Waals surface area contributed by atoms with Crippen LogP contribution in [-0.4, -0.2) is 19.1 Å². The predicted octanol–water partition coefficient (Wildman–Crippen LogP) is 3.49. The number of allylic oxidation sites excluding steroid dienone is 1. The van der Waals surface area contributed by atoms with E-state index in [-0.39, 0.29) is 0 Å². The minimum Gasteiger partial charge on any atom is -0.371 e. The van der Waals surface area contributed by atoms with E-state index in [0.717, 1.165) is 6.54 Å². The van der Waals surface area contributed by atoms with Gasteiger partial charge in [0, 0.05) is 31.4 Å². The van der Waals surface area contributed by atoms with Crippen LogP contribution in [0, 0.1) is 0 Å². The van der Waals surface area contributed by atoms with Crippen molar-refractivity contribution in [3.05, 3.63) is 42.0 Å². The fraction of sp³-hybridized carbons (Fsp3) is 0.529. The summed E-state index contributed by atoms with van der Waals surface area (Å²) in [5, 5.41) is 3.72. The van der Waals surface area contributed by atoms with Gasteiger partial charge in [0.2, 0.25) is 0 Å². The third-order valence-corrected chi connectivity index (χ3v) is 4.29. The van der Waals surface area contributed by atoms with Gasteiger partial charge in [-0.15, -0.1) is 0 Å². The van der Waals surface area contributed by atoms with Crippen molar-refractivity contribution in [1.29, 1.82) is 0 Å². The Bertz CT molecular complexity index is 433. The number of nitrogens with zero attached hydrogens (tertiary/aromatic N) is 1. The first-order chi connectivity index (χ1) is 9.43. The molecule has 1 atom stereocenters. The zero-order chi connectivity index (χ0) is 12.9. The number of nitrogens with one attached hydrogen (secondary N) is 1. The van der Waals surface area contributed by atoms with Crippen LogP contribution in [0.1, 0.15) is 37.7 Å². The van der Waals surface area contributed by atoms with Crippen LogP contribution in [0.25, 0.3) is 0 Å². The Balaban J connectivity index is 1.64. The van der Waals surface area contributed by atoms with E-state index in [1.54, 1.807) is 0 Å². The molecule has 0 bridgehead atoms. The topological polar surface area (TPSA) is 15.3 Å². The summed E-state index contributed by atoms with van der Waals surface area (Å²) in [4.78, 5) is 2.54. The van der Waals surface area contributed by atoms with Crippen molar-refractivity contribution in [2.24, 2.45) is 0 Å². The smallest absolute Gasteiger partial charge is 0.0411 e. The Hall–Kier alpha value is -1.28. The highest BCUT2D eigenvalue weighted by molar-refractivity contribution is 5.54. The van der Waals surface area contributed by atoms with Crippen molar-refractivity contribution >= 4 is 5.69 Å². The van der Waals surface area contributed by atoms with Gasteiger partial charge in [0.1, 0.15) is 0 Å². The largest absolute Gasteiger partial charge is 0.371 e. The molecule has 1 aliphatic carbocycles. The van der Waals surface area contributed by atoms with Gasteiger partial charge in [-0.2, -0.15) is 0 Å². The lowest BCUT2D eigenvalue weighted by Gasteiger charge is -2.24. The monoisotopic (exact) mass is 256 g/mol. The van der Waals surface area contributed by atoms with Gasteiger partial charge in [-0.3, -0.25) is 0 Å². The van der Waals surface area contributed by atoms with Gasteiger partial charge in [0.25, 0.3) is 0 Å². The molecule has 0 aromatic heterocycles. The summed E-state index contributed by atoms with van der Waals surface area (Å²) >= 11 is 0.